The fourth-order valence-corrected chi connectivity index (χ4v) is 3.18. The Hall–Kier alpha value is -2.01. The molecule has 1 aromatic carbocycles. The Labute approximate surface area is 137 Å². The summed E-state index contributed by atoms with van der Waals surface area (Å²) in [6, 6.07) is 6.62. The minimum absolute atomic E-state index is 0.0599. The number of nitrogens with zero attached hydrogens (tertiary/aromatic N) is 1. The molecule has 124 valence electrons. The van der Waals surface area contributed by atoms with Crippen molar-refractivity contribution in [1.82, 2.24) is 5.32 Å². The van der Waals surface area contributed by atoms with Crippen molar-refractivity contribution in [2.45, 2.75) is 39.8 Å². The Kier molecular flexibility index (Phi) is 4.31. The summed E-state index contributed by atoms with van der Waals surface area (Å²) in [5, 5.41) is 6.75. The first kappa shape index (κ1) is 15.9. The molecule has 1 amide bonds. The van der Waals surface area contributed by atoms with Gasteiger partial charge in [0.1, 0.15) is 0 Å². The minimum atomic E-state index is 0.0599. The van der Waals surface area contributed by atoms with Crippen molar-refractivity contribution in [3.05, 3.63) is 29.5 Å². The number of rotatable bonds is 3. The van der Waals surface area contributed by atoms with Gasteiger partial charge in [-0.2, -0.15) is 0 Å². The lowest BCUT2D eigenvalue weighted by molar-refractivity contribution is -0.113. The predicted molar refractivity (Wildman–Crippen MR) is 93.6 cm³/mol. The van der Waals surface area contributed by atoms with E-state index < -0.39 is 0 Å². The molecule has 5 nitrogen and oxygen atoms in total. The second-order valence-electron chi connectivity index (χ2n) is 6.63. The molecule has 0 saturated carbocycles. The van der Waals surface area contributed by atoms with Crippen LogP contribution in [0.15, 0.2) is 23.9 Å². The summed E-state index contributed by atoms with van der Waals surface area (Å²) < 4.78 is 5.54. The summed E-state index contributed by atoms with van der Waals surface area (Å²) >= 11 is 0. The van der Waals surface area contributed by atoms with E-state index in [-0.39, 0.29) is 11.9 Å². The number of carbonyl (C=O) groups excluding carboxylic acids is 1. The van der Waals surface area contributed by atoms with E-state index in [9.17, 15) is 4.79 Å². The van der Waals surface area contributed by atoms with Gasteiger partial charge in [-0.15, -0.1) is 0 Å². The van der Waals surface area contributed by atoms with Crippen LogP contribution in [0.1, 0.15) is 33.3 Å². The van der Waals surface area contributed by atoms with Gasteiger partial charge in [-0.1, -0.05) is 0 Å². The summed E-state index contributed by atoms with van der Waals surface area (Å²) in [6.45, 7) is 10.2. The molecule has 0 aromatic heterocycles. The van der Waals surface area contributed by atoms with Crippen LogP contribution in [-0.2, 0) is 9.53 Å². The van der Waals surface area contributed by atoms with Crippen LogP contribution in [0.2, 0.25) is 0 Å². The average Bonchev–Trinajstić information content (AvgIpc) is 2.79. The zero-order valence-corrected chi connectivity index (χ0v) is 14.3. The molecule has 1 aromatic rings. The maximum absolute atomic E-state index is 13.0. The zero-order chi connectivity index (χ0) is 16.6. The van der Waals surface area contributed by atoms with Crippen LogP contribution < -0.4 is 15.5 Å². The van der Waals surface area contributed by atoms with Gasteiger partial charge in [0.25, 0.3) is 5.91 Å². The molecule has 0 atom stereocenters. The Balaban J connectivity index is 2.10. The largest absolute Gasteiger partial charge is 0.383 e. The predicted octanol–water partition coefficient (Wildman–Crippen LogP) is 2.59. The lowest BCUT2D eigenvalue weighted by Gasteiger charge is -2.22. The molecule has 2 aliphatic heterocycles. The molecule has 23 heavy (non-hydrogen) atoms. The number of nitrogens with one attached hydrogen (secondary N) is 2. The second kappa shape index (κ2) is 6.24. The number of morpholine rings is 1. The summed E-state index contributed by atoms with van der Waals surface area (Å²) in [5.74, 6) is 0.0599. The molecule has 0 aliphatic carbocycles. The van der Waals surface area contributed by atoms with Crippen molar-refractivity contribution >= 4 is 22.9 Å². The van der Waals surface area contributed by atoms with Gasteiger partial charge < -0.3 is 20.3 Å². The van der Waals surface area contributed by atoms with Crippen molar-refractivity contribution in [3.8, 4) is 0 Å². The van der Waals surface area contributed by atoms with Gasteiger partial charge >= 0.3 is 0 Å². The van der Waals surface area contributed by atoms with Gasteiger partial charge in [-0.05, 0) is 45.9 Å². The molecule has 2 aliphatic rings. The number of amides is 1. The molecule has 3 rings (SSSR count). The summed E-state index contributed by atoms with van der Waals surface area (Å²) in [6.07, 6.45) is 0. The monoisotopic (exact) mass is 315 g/mol. The van der Waals surface area contributed by atoms with Crippen LogP contribution in [0.5, 0.6) is 0 Å². The van der Waals surface area contributed by atoms with E-state index in [1.54, 1.807) is 0 Å². The Morgan fingerprint density at radius 3 is 2.65 bits per heavy atom. The molecule has 2 N–H and O–H groups in total. The highest BCUT2D eigenvalue weighted by molar-refractivity contribution is 6.33. The van der Waals surface area contributed by atoms with Crippen molar-refractivity contribution in [2.75, 3.05) is 30.0 Å². The van der Waals surface area contributed by atoms with E-state index in [0.717, 1.165) is 34.8 Å². The number of ether oxygens (including phenoxy) is 1. The van der Waals surface area contributed by atoms with Crippen LogP contribution in [0.3, 0.4) is 0 Å². The van der Waals surface area contributed by atoms with Crippen molar-refractivity contribution in [2.24, 2.45) is 0 Å². The maximum atomic E-state index is 13.0. The minimum Gasteiger partial charge on any atom is -0.383 e. The first-order valence-electron chi connectivity index (χ1n) is 8.28. The number of hydrogen-bond donors (Lipinski definition) is 2. The Morgan fingerprint density at radius 1 is 1.26 bits per heavy atom. The van der Waals surface area contributed by atoms with Gasteiger partial charge in [0.2, 0.25) is 0 Å². The molecule has 0 bridgehead atoms. The van der Waals surface area contributed by atoms with Gasteiger partial charge in [0.05, 0.1) is 30.2 Å². The Bertz CT molecular complexity index is 642. The summed E-state index contributed by atoms with van der Waals surface area (Å²) in [7, 11) is 0. The van der Waals surface area contributed by atoms with E-state index in [1.165, 1.54) is 0 Å². The highest BCUT2D eigenvalue weighted by atomic mass is 16.5. The normalized spacial score (nSPS) is 21.0. The number of carbonyl (C=O) groups is 1. The van der Waals surface area contributed by atoms with Gasteiger partial charge in [-0.3, -0.25) is 4.79 Å². The first-order chi connectivity index (χ1) is 11.0. The van der Waals surface area contributed by atoms with Crippen molar-refractivity contribution < 1.29 is 9.53 Å². The van der Waals surface area contributed by atoms with Crippen LogP contribution in [0, 0.1) is 0 Å². The lowest BCUT2D eigenvalue weighted by atomic mass is 10.0. The fraction of sp³-hybridized carbons (Fsp3) is 0.500. The third kappa shape index (κ3) is 2.93. The zero-order valence-electron chi connectivity index (χ0n) is 14.3. The van der Waals surface area contributed by atoms with Crippen LogP contribution in [-0.4, -0.2) is 37.7 Å². The molecular formula is C18H25N3O2. The molecule has 2 heterocycles. The molecule has 0 spiro atoms. The topological polar surface area (TPSA) is 53.6 Å². The number of fused-ring (bicyclic) bond motifs is 1. The van der Waals surface area contributed by atoms with Gasteiger partial charge in [0, 0.05) is 29.9 Å². The number of anilines is 2. The van der Waals surface area contributed by atoms with Crippen LogP contribution in [0.25, 0.3) is 5.57 Å². The van der Waals surface area contributed by atoms with E-state index in [4.69, 9.17) is 4.74 Å². The maximum Gasteiger partial charge on any atom is 0.261 e. The standard InChI is InChI=1S/C18H25N3O2/c1-11(2)20-13-5-6-16-14(9-13)17(15-10-23-8-7-19-15)18(22)21(16)12(3)4/h5-6,9,11-12,19-20H,7-8,10H2,1-4H3/b17-15-. The SMILES string of the molecule is CC(C)Nc1ccc2c(c1)/C(=C1\COCCN1)C(=O)N2C(C)C. The van der Waals surface area contributed by atoms with Crippen LogP contribution >= 0.6 is 0 Å². The third-order valence-corrected chi connectivity index (χ3v) is 4.06. The first-order valence-corrected chi connectivity index (χ1v) is 8.28. The van der Waals surface area contributed by atoms with E-state index >= 15 is 0 Å². The molecule has 0 radical (unpaired) electrons. The molecule has 1 saturated heterocycles. The highest BCUT2D eigenvalue weighted by Gasteiger charge is 2.36. The summed E-state index contributed by atoms with van der Waals surface area (Å²) in [4.78, 5) is 14.9. The lowest BCUT2D eigenvalue weighted by Crippen LogP contribution is -2.35. The highest BCUT2D eigenvalue weighted by Crippen LogP contribution is 2.41. The van der Waals surface area contributed by atoms with Gasteiger partial charge in [-0.25, -0.2) is 0 Å². The van der Waals surface area contributed by atoms with E-state index in [2.05, 4.69) is 30.5 Å². The van der Waals surface area contributed by atoms with Crippen molar-refractivity contribution in [1.29, 1.82) is 0 Å². The van der Waals surface area contributed by atoms with Crippen LogP contribution in [0.4, 0.5) is 11.4 Å². The number of benzene rings is 1. The Morgan fingerprint density at radius 2 is 2.04 bits per heavy atom. The molecule has 0 unspecified atom stereocenters. The van der Waals surface area contributed by atoms with E-state index in [0.29, 0.717) is 19.3 Å². The molecular weight excluding hydrogens is 290 g/mol. The fourth-order valence-electron chi connectivity index (χ4n) is 3.18. The third-order valence-electron chi connectivity index (χ3n) is 4.06. The van der Waals surface area contributed by atoms with E-state index in [1.807, 2.05) is 30.9 Å². The quantitative estimate of drug-likeness (QED) is 0.842. The molecule has 1 fully saturated rings. The smallest absolute Gasteiger partial charge is 0.261 e. The molecule has 5 heteroatoms. The second-order valence-corrected chi connectivity index (χ2v) is 6.63. The number of hydrogen-bond acceptors (Lipinski definition) is 4. The average molecular weight is 315 g/mol. The van der Waals surface area contributed by atoms with Crippen molar-refractivity contribution in [3.63, 3.8) is 0 Å². The van der Waals surface area contributed by atoms with Gasteiger partial charge in [0.15, 0.2) is 0 Å². The summed E-state index contributed by atoms with van der Waals surface area (Å²) in [5.41, 5.74) is 4.65.